The van der Waals surface area contributed by atoms with E-state index in [1.165, 1.54) is 10.7 Å². The van der Waals surface area contributed by atoms with Crippen molar-refractivity contribution in [3.8, 4) is 5.69 Å². The van der Waals surface area contributed by atoms with Crippen LogP contribution in [-0.4, -0.2) is 40.2 Å². The average molecular weight is 319 g/mol. The van der Waals surface area contributed by atoms with E-state index in [-0.39, 0.29) is 23.4 Å². The van der Waals surface area contributed by atoms with Crippen molar-refractivity contribution < 1.29 is 13.9 Å². The number of anilines is 1. The zero-order chi connectivity index (χ0) is 16.4. The molecule has 122 valence electrons. The molecule has 3 rings (SSSR count). The zero-order valence-corrected chi connectivity index (χ0v) is 12.8. The normalized spacial score (nSPS) is 17.4. The summed E-state index contributed by atoms with van der Waals surface area (Å²) in [6.45, 7) is 2.79. The number of nitrogens with zero attached hydrogens (tertiary/aromatic N) is 3. The van der Waals surface area contributed by atoms with Crippen LogP contribution in [0.5, 0.6) is 0 Å². The van der Waals surface area contributed by atoms with Gasteiger partial charge in [0.2, 0.25) is 0 Å². The Balaban J connectivity index is 1.75. The Labute approximate surface area is 132 Å². The van der Waals surface area contributed by atoms with Gasteiger partial charge in [-0.1, -0.05) is 11.3 Å². The second kappa shape index (κ2) is 6.33. The lowest BCUT2D eigenvalue weighted by molar-refractivity contribution is 0.0854. The van der Waals surface area contributed by atoms with E-state index < -0.39 is 5.91 Å². The Bertz CT molecular complexity index is 725. The number of aryl methyl sites for hydroxylation is 1. The minimum absolute atomic E-state index is 0.0176. The van der Waals surface area contributed by atoms with Crippen molar-refractivity contribution in [1.29, 1.82) is 0 Å². The highest BCUT2D eigenvalue weighted by molar-refractivity contribution is 5.96. The van der Waals surface area contributed by atoms with E-state index in [9.17, 15) is 9.18 Å². The van der Waals surface area contributed by atoms with Gasteiger partial charge in [0, 0.05) is 13.2 Å². The van der Waals surface area contributed by atoms with Crippen LogP contribution in [0, 0.1) is 12.7 Å². The van der Waals surface area contributed by atoms with Crippen LogP contribution in [0.1, 0.15) is 28.9 Å². The van der Waals surface area contributed by atoms with Gasteiger partial charge in [0.1, 0.15) is 5.82 Å². The molecule has 0 spiro atoms. The molecule has 1 saturated heterocycles. The number of nitrogen functional groups attached to an aromatic ring is 1. The van der Waals surface area contributed by atoms with Gasteiger partial charge in [-0.2, -0.15) is 4.68 Å². The highest BCUT2D eigenvalue weighted by Gasteiger charge is 2.21. The number of hydrogen-bond donors (Lipinski definition) is 2. The maximum Gasteiger partial charge on any atom is 0.275 e. The van der Waals surface area contributed by atoms with Crippen molar-refractivity contribution in [2.24, 2.45) is 0 Å². The lowest BCUT2D eigenvalue weighted by Crippen LogP contribution is -2.32. The van der Waals surface area contributed by atoms with Gasteiger partial charge in [0.15, 0.2) is 11.5 Å². The molecule has 0 bridgehead atoms. The Morgan fingerprint density at radius 2 is 2.39 bits per heavy atom. The van der Waals surface area contributed by atoms with E-state index in [4.69, 9.17) is 10.5 Å². The van der Waals surface area contributed by atoms with Gasteiger partial charge < -0.3 is 15.8 Å². The molecule has 1 fully saturated rings. The summed E-state index contributed by atoms with van der Waals surface area (Å²) in [5, 5.41) is 10.4. The zero-order valence-electron chi connectivity index (χ0n) is 12.8. The fourth-order valence-corrected chi connectivity index (χ4v) is 2.45. The molecular weight excluding hydrogens is 301 g/mol. The average Bonchev–Trinajstić information content (AvgIpc) is 3.17. The van der Waals surface area contributed by atoms with Crippen molar-refractivity contribution in [2.75, 3.05) is 18.9 Å². The van der Waals surface area contributed by atoms with Crippen LogP contribution in [0.2, 0.25) is 0 Å². The largest absolute Gasteiger partial charge is 0.382 e. The molecule has 0 radical (unpaired) electrons. The first kappa shape index (κ1) is 15.4. The lowest BCUT2D eigenvalue weighted by Gasteiger charge is -2.10. The molecule has 23 heavy (non-hydrogen) atoms. The van der Waals surface area contributed by atoms with Gasteiger partial charge in [-0.05, 0) is 37.5 Å². The number of halogens is 1. The maximum atomic E-state index is 13.7. The Morgan fingerprint density at radius 1 is 1.57 bits per heavy atom. The van der Waals surface area contributed by atoms with Crippen LogP contribution >= 0.6 is 0 Å². The molecule has 0 saturated carbocycles. The summed E-state index contributed by atoms with van der Waals surface area (Å²) in [7, 11) is 0. The van der Waals surface area contributed by atoms with E-state index in [0.29, 0.717) is 17.8 Å². The van der Waals surface area contributed by atoms with Crippen LogP contribution in [0.4, 0.5) is 10.2 Å². The number of rotatable bonds is 4. The van der Waals surface area contributed by atoms with Crippen LogP contribution in [0.15, 0.2) is 18.2 Å². The molecule has 0 unspecified atom stereocenters. The molecule has 1 amide bonds. The van der Waals surface area contributed by atoms with Gasteiger partial charge in [0.25, 0.3) is 5.91 Å². The maximum absolute atomic E-state index is 13.7. The van der Waals surface area contributed by atoms with E-state index >= 15 is 0 Å². The fourth-order valence-electron chi connectivity index (χ4n) is 2.45. The van der Waals surface area contributed by atoms with Gasteiger partial charge in [-0.3, -0.25) is 4.79 Å². The van der Waals surface area contributed by atoms with Crippen molar-refractivity contribution >= 4 is 11.7 Å². The first-order valence-corrected chi connectivity index (χ1v) is 7.44. The van der Waals surface area contributed by atoms with Crippen LogP contribution < -0.4 is 11.1 Å². The quantitative estimate of drug-likeness (QED) is 0.883. The Hall–Kier alpha value is -2.48. The molecule has 1 aromatic heterocycles. The van der Waals surface area contributed by atoms with Crippen molar-refractivity contribution in [3.05, 3.63) is 35.3 Å². The van der Waals surface area contributed by atoms with Crippen molar-refractivity contribution in [3.63, 3.8) is 0 Å². The molecule has 1 aliphatic rings. The second-order valence-electron chi connectivity index (χ2n) is 5.51. The number of benzene rings is 1. The minimum atomic E-state index is -0.420. The number of carbonyl (C=O) groups excluding carboxylic acids is 1. The summed E-state index contributed by atoms with van der Waals surface area (Å²) >= 11 is 0. The smallest absolute Gasteiger partial charge is 0.275 e. The molecule has 3 N–H and O–H groups in total. The Kier molecular flexibility index (Phi) is 4.24. The van der Waals surface area contributed by atoms with E-state index in [1.54, 1.807) is 19.1 Å². The van der Waals surface area contributed by atoms with Crippen molar-refractivity contribution in [1.82, 2.24) is 20.3 Å². The molecule has 2 heterocycles. The summed E-state index contributed by atoms with van der Waals surface area (Å²) < 4.78 is 20.3. The predicted octanol–water partition coefficient (Wildman–Crippen LogP) is 1.21. The standard InChI is InChI=1S/C15H18FN5O2/c1-9-4-5-10(7-12(9)16)21-14(17)13(19-20-21)15(22)18-8-11-3-2-6-23-11/h4-5,7,11H,2-3,6,8,17H2,1H3,(H,18,22)/t11-/m1/s1. The predicted molar refractivity (Wildman–Crippen MR) is 81.8 cm³/mol. The van der Waals surface area contributed by atoms with Crippen molar-refractivity contribution in [2.45, 2.75) is 25.9 Å². The first-order chi connectivity index (χ1) is 11.1. The monoisotopic (exact) mass is 319 g/mol. The lowest BCUT2D eigenvalue weighted by atomic mass is 10.2. The van der Waals surface area contributed by atoms with E-state index in [2.05, 4.69) is 15.6 Å². The molecule has 1 atom stereocenters. The first-order valence-electron chi connectivity index (χ1n) is 7.44. The summed E-state index contributed by atoms with van der Waals surface area (Å²) in [5.74, 6) is -0.725. The van der Waals surface area contributed by atoms with Gasteiger partial charge in [-0.25, -0.2) is 4.39 Å². The SMILES string of the molecule is Cc1ccc(-n2nnc(C(=O)NC[C@H]3CCCO3)c2N)cc1F. The molecule has 7 nitrogen and oxygen atoms in total. The number of aromatic nitrogens is 3. The molecule has 8 heteroatoms. The fraction of sp³-hybridized carbons (Fsp3) is 0.400. The van der Waals surface area contributed by atoms with E-state index in [1.807, 2.05) is 0 Å². The number of nitrogens with two attached hydrogens (primary N) is 1. The summed E-state index contributed by atoms with van der Waals surface area (Å²) in [6.07, 6.45) is 1.95. The summed E-state index contributed by atoms with van der Waals surface area (Å²) in [6, 6.07) is 4.58. The van der Waals surface area contributed by atoms with Gasteiger partial charge in [0.05, 0.1) is 11.8 Å². The summed E-state index contributed by atoms with van der Waals surface area (Å²) in [4.78, 5) is 12.2. The van der Waals surface area contributed by atoms with Crippen LogP contribution in [0.25, 0.3) is 5.69 Å². The number of amides is 1. The molecule has 1 aromatic carbocycles. The molecular formula is C15H18FN5O2. The van der Waals surface area contributed by atoms with Crippen LogP contribution in [-0.2, 0) is 4.74 Å². The van der Waals surface area contributed by atoms with Crippen LogP contribution in [0.3, 0.4) is 0 Å². The summed E-state index contributed by atoms with van der Waals surface area (Å²) in [5.41, 5.74) is 6.88. The number of carbonyl (C=O) groups is 1. The topological polar surface area (TPSA) is 95.1 Å². The van der Waals surface area contributed by atoms with Gasteiger partial charge >= 0.3 is 0 Å². The third kappa shape index (κ3) is 3.16. The highest BCUT2D eigenvalue weighted by Crippen LogP contribution is 2.18. The number of ether oxygens (including phenoxy) is 1. The molecule has 0 aliphatic carbocycles. The molecule has 2 aromatic rings. The third-order valence-electron chi connectivity index (χ3n) is 3.83. The number of hydrogen-bond acceptors (Lipinski definition) is 5. The number of nitrogens with one attached hydrogen (secondary N) is 1. The Morgan fingerprint density at radius 3 is 3.09 bits per heavy atom. The van der Waals surface area contributed by atoms with Gasteiger partial charge in [-0.15, -0.1) is 5.10 Å². The second-order valence-corrected chi connectivity index (χ2v) is 5.51. The van der Waals surface area contributed by atoms with E-state index in [0.717, 1.165) is 19.4 Å². The molecule has 1 aliphatic heterocycles. The third-order valence-corrected chi connectivity index (χ3v) is 3.83. The minimum Gasteiger partial charge on any atom is -0.382 e. The highest BCUT2D eigenvalue weighted by atomic mass is 19.1.